The van der Waals surface area contributed by atoms with Crippen molar-refractivity contribution >= 4 is 49.5 Å². The number of esters is 1. The Balaban J connectivity index is 1.94. The number of aromatic nitrogens is 2. The van der Waals surface area contributed by atoms with Crippen molar-refractivity contribution in [1.29, 1.82) is 0 Å². The number of benzene rings is 1. The summed E-state index contributed by atoms with van der Waals surface area (Å²) in [6, 6.07) is 2.62. The molecule has 20 heteroatoms. The molecule has 0 unspecified atom stereocenters. The highest BCUT2D eigenvalue weighted by atomic mass is 32.2. The van der Waals surface area contributed by atoms with Crippen molar-refractivity contribution in [2.24, 2.45) is 10.2 Å². The SMILES string of the molecule is CC(C)N1CCCc2cc(N=Nc3nnc(C(=O)OC(F)(F)C(F)(F)F)s3)c(NS(=O)(=O)CC(F)(F)F)cc21. The monoisotopic (exact) mass is 610 g/mol. The molecule has 0 spiro atoms. The molecule has 1 aromatic heterocycles. The number of fused-ring (bicyclic) bond motifs is 1. The number of azo groups is 1. The van der Waals surface area contributed by atoms with Crippen molar-refractivity contribution in [3.8, 4) is 0 Å². The molecule has 2 heterocycles. The molecule has 2 aromatic rings. The lowest BCUT2D eigenvalue weighted by molar-refractivity contribution is -0.370. The summed E-state index contributed by atoms with van der Waals surface area (Å²) in [6.45, 7) is 4.31. The fourth-order valence-corrected chi connectivity index (χ4v) is 4.97. The van der Waals surface area contributed by atoms with Crippen molar-refractivity contribution in [3.05, 3.63) is 22.7 Å². The largest absolute Gasteiger partial charge is 0.501 e. The van der Waals surface area contributed by atoms with Crippen LogP contribution in [0.1, 0.15) is 35.6 Å². The van der Waals surface area contributed by atoms with Gasteiger partial charge < -0.3 is 9.64 Å². The van der Waals surface area contributed by atoms with E-state index in [4.69, 9.17) is 0 Å². The third kappa shape index (κ3) is 7.70. The molecule has 1 aliphatic heterocycles. The molecule has 3 rings (SSSR count). The van der Waals surface area contributed by atoms with Gasteiger partial charge in [0.25, 0.3) is 5.13 Å². The topological polar surface area (TPSA) is 126 Å². The Morgan fingerprint density at radius 3 is 2.38 bits per heavy atom. The van der Waals surface area contributed by atoms with E-state index in [2.05, 4.69) is 25.2 Å². The average Bonchev–Trinajstić information content (AvgIpc) is 3.23. The minimum atomic E-state index is -6.18. The van der Waals surface area contributed by atoms with Crippen LogP contribution in [0.4, 0.5) is 57.3 Å². The molecule has 0 fully saturated rings. The number of ether oxygens (including phenoxy) is 1. The molecule has 0 amide bonds. The molecule has 0 saturated carbocycles. The van der Waals surface area contributed by atoms with E-state index in [-0.39, 0.29) is 28.8 Å². The van der Waals surface area contributed by atoms with Crippen molar-refractivity contribution < 1.29 is 53.1 Å². The molecular weight excluding hydrogens is 592 g/mol. The molecule has 0 bridgehead atoms. The van der Waals surface area contributed by atoms with Crippen LogP contribution >= 0.6 is 11.3 Å². The number of aryl methyl sites for hydroxylation is 1. The zero-order valence-corrected chi connectivity index (χ0v) is 21.4. The molecule has 0 atom stereocenters. The lowest BCUT2D eigenvalue weighted by Gasteiger charge is -2.35. The first-order chi connectivity index (χ1) is 17.8. The summed E-state index contributed by atoms with van der Waals surface area (Å²) in [4.78, 5) is 13.5. The Morgan fingerprint density at radius 1 is 1.13 bits per heavy atom. The number of alkyl halides is 8. The van der Waals surface area contributed by atoms with Gasteiger partial charge in [-0.1, -0.05) is 11.3 Å². The number of hydrogen-bond donors (Lipinski definition) is 1. The Bertz CT molecular complexity index is 1360. The van der Waals surface area contributed by atoms with Crippen LogP contribution in [0.3, 0.4) is 0 Å². The standard InChI is InChI=1S/C19H18F8N6O4S2/c1-9(2)33-5-3-4-10-6-11(12(7-13(10)33)32-39(35,36)8-17(20,21)22)28-30-16-31-29-14(38-16)15(34)37-19(26,27)18(23,24)25/h6-7,9,32H,3-5,8H2,1-2H3. The second kappa shape index (κ2) is 10.8. The molecule has 10 nitrogen and oxygen atoms in total. The van der Waals surface area contributed by atoms with E-state index in [1.807, 2.05) is 23.5 Å². The van der Waals surface area contributed by atoms with Gasteiger partial charge in [-0.05, 0) is 44.4 Å². The van der Waals surface area contributed by atoms with Gasteiger partial charge in [-0.3, -0.25) is 4.72 Å². The summed E-state index contributed by atoms with van der Waals surface area (Å²) < 4.78 is 130. The van der Waals surface area contributed by atoms with Crippen LogP contribution in [-0.4, -0.2) is 61.4 Å². The highest BCUT2D eigenvalue weighted by molar-refractivity contribution is 7.92. The Labute approximate surface area is 219 Å². The van der Waals surface area contributed by atoms with Gasteiger partial charge in [-0.2, -0.15) is 35.1 Å². The second-order valence-electron chi connectivity index (χ2n) is 8.36. The summed E-state index contributed by atoms with van der Waals surface area (Å²) >= 11 is 0.118. The van der Waals surface area contributed by atoms with Crippen molar-refractivity contribution in [2.75, 3.05) is 21.9 Å². The Hall–Kier alpha value is -3.16. The zero-order chi connectivity index (χ0) is 29.4. The van der Waals surface area contributed by atoms with Gasteiger partial charge in [0, 0.05) is 18.3 Å². The predicted molar refractivity (Wildman–Crippen MR) is 121 cm³/mol. The van der Waals surface area contributed by atoms with E-state index < -0.39 is 50.3 Å². The fourth-order valence-electron chi connectivity index (χ4n) is 3.42. The Morgan fingerprint density at radius 2 is 1.79 bits per heavy atom. The van der Waals surface area contributed by atoms with E-state index in [0.29, 0.717) is 30.6 Å². The maximum Gasteiger partial charge on any atom is 0.501 e. The van der Waals surface area contributed by atoms with E-state index in [0.717, 1.165) is 0 Å². The van der Waals surface area contributed by atoms with Gasteiger partial charge >= 0.3 is 24.4 Å². The third-order valence-corrected chi connectivity index (χ3v) is 7.00. The summed E-state index contributed by atoms with van der Waals surface area (Å²) in [5.74, 6) is -4.34. The van der Waals surface area contributed by atoms with Crippen LogP contribution in [0, 0.1) is 0 Å². The number of anilines is 2. The number of hydrogen-bond acceptors (Lipinski definition) is 10. The van der Waals surface area contributed by atoms with Gasteiger partial charge in [0.05, 0.1) is 5.69 Å². The molecule has 0 aliphatic carbocycles. The number of carbonyl (C=O) groups excluding carboxylic acids is 1. The predicted octanol–water partition coefficient (Wildman–Crippen LogP) is 5.73. The first-order valence-electron chi connectivity index (χ1n) is 10.7. The van der Waals surface area contributed by atoms with E-state index in [1.165, 1.54) is 12.1 Å². The van der Waals surface area contributed by atoms with Crippen LogP contribution in [0.25, 0.3) is 0 Å². The van der Waals surface area contributed by atoms with E-state index in [1.54, 1.807) is 0 Å². The van der Waals surface area contributed by atoms with Gasteiger partial charge in [-0.15, -0.1) is 20.4 Å². The van der Waals surface area contributed by atoms with Crippen LogP contribution in [0.5, 0.6) is 0 Å². The van der Waals surface area contributed by atoms with E-state index in [9.17, 15) is 48.3 Å². The minimum absolute atomic E-state index is 0.0412. The van der Waals surface area contributed by atoms with Gasteiger partial charge in [0.15, 0.2) is 5.75 Å². The van der Waals surface area contributed by atoms with E-state index >= 15 is 0 Å². The Kier molecular flexibility index (Phi) is 8.40. The highest BCUT2D eigenvalue weighted by Gasteiger charge is 2.62. The summed E-state index contributed by atoms with van der Waals surface area (Å²) in [6.07, 6.45) is -15.8. The summed E-state index contributed by atoms with van der Waals surface area (Å²) in [5, 5.41) is 12.2. The quantitative estimate of drug-likeness (QED) is 0.230. The molecule has 1 N–H and O–H groups in total. The maximum atomic E-state index is 13.0. The smallest absolute Gasteiger partial charge is 0.388 e. The minimum Gasteiger partial charge on any atom is -0.388 e. The van der Waals surface area contributed by atoms with Crippen LogP contribution < -0.4 is 9.62 Å². The molecule has 39 heavy (non-hydrogen) atoms. The molecular formula is C19H18F8N6O4S2. The number of carbonyl (C=O) groups is 1. The number of nitrogens with one attached hydrogen (secondary N) is 1. The molecule has 216 valence electrons. The first-order valence-corrected chi connectivity index (χ1v) is 13.2. The average molecular weight is 611 g/mol. The van der Waals surface area contributed by atoms with Gasteiger partial charge in [-0.25, -0.2) is 13.2 Å². The number of sulfonamides is 1. The van der Waals surface area contributed by atoms with Crippen LogP contribution in [-0.2, 0) is 21.2 Å². The van der Waals surface area contributed by atoms with Gasteiger partial charge in [0.2, 0.25) is 15.0 Å². The molecule has 0 radical (unpaired) electrons. The number of nitrogens with zero attached hydrogens (tertiary/aromatic N) is 5. The molecule has 1 aromatic carbocycles. The molecule has 0 saturated heterocycles. The van der Waals surface area contributed by atoms with Crippen LogP contribution in [0.2, 0.25) is 0 Å². The highest BCUT2D eigenvalue weighted by Crippen LogP contribution is 2.40. The van der Waals surface area contributed by atoms with Crippen molar-refractivity contribution in [1.82, 2.24) is 10.2 Å². The normalized spacial score (nSPS) is 15.1. The maximum absolute atomic E-state index is 13.0. The summed E-state index contributed by atoms with van der Waals surface area (Å²) in [7, 11) is -4.94. The lowest BCUT2D eigenvalue weighted by Crippen LogP contribution is -2.40. The lowest BCUT2D eigenvalue weighted by atomic mass is 9.99. The van der Waals surface area contributed by atoms with Crippen LogP contribution in [0.15, 0.2) is 22.4 Å². The number of rotatable bonds is 8. The van der Waals surface area contributed by atoms with Gasteiger partial charge in [0.1, 0.15) is 5.69 Å². The first kappa shape index (κ1) is 30.4. The third-order valence-electron chi connectivity index (χ3n) is 4.98. The summed E-state index contributed by atoms with van der Waals surface area (Å²) in [5.41, 5.74) is 0.585. The fraction of sp³-hybridized carbons (Fsp3) is 0.526. The van der Waals surface area contributed by atoms with Crippen molar-refractivity contribution in [3.63, 3.8) is 0 Å². The van der Waals surface area contributed by atoms with Crippen molar-refractivity contribution in [2.45, 2.75) is 51.2 Å². The zero-order valence-electron chi connectivity index (χ0n) is 19.8. The number of halogens is 8. The second-order valence-corrected chi connectivity index (χ2v) is 11.0. The molecule has 1 aliphatic rings.